The molecule has 3 aromatic carbocycles. The zero-order chi connectivity index (χ0) is 27.2. The highest BCUT2D eigenvalue weighted by atomic mass is 32.2. The lowest BCUT2D eigenvalue weighted by molar-refractivity contribution is -0.139. The van der Waals surface area contributed by atoms with Crippen LogP contribution in [0.15, 0.2) is 77.7 Å². The molecule has 0 aliphatic rings. The highest BCUT2D eigenvalue weighted by Crippen LogP contribution is 2.28. The quantitative estimate of drug-likeness (QED) is 0.430. The Bertz CT molecular complexity index is 1350. The molecule has 0 aliphatic heterocycles. The van der Waals surface area contributed by atoms with E-state index in [-0.39, 0.29) is 17.3 Å². The molecule has 0 fully saturated rings. The Balaban J connectivity index is 2.04. The minimum Gasteiger partial charge on any atom is -0.355 e. The molecular weight excluding hydrogens is 493 g/mol. The molecule has 0 unspecified atom stereocenters. The van der Waals surface area contributed by atoms with E-state index < -0.39 is 34.3 Å². The number of nitrogens with one attached hydrogen (secondary N) is 1. The van der Waals surface area contributed by atoms with Gasteiger partial charge in [-0.15, -0.1) is 0 Å². The van der Waals surface area contributed by atoms with E-state index in [0.29, 0.717) is 23.4 Å². The number of hydrogen-bond acceptors (Lipinski definition) is 4. The van der Waals surface area contributed by atoms with Crippen molar-refractivity contribution in [2.45, 2.75) is 45.2 Å². The molecule has 0 saturated carbocycles. The number of rotatable bonds is 10. The fourth-order valence-corrected chi connectivity index (χ4v) is 5.51. The van der Waals surface area contributed by atoms with Crippen molar-refractivity contribution in [3.63, 3.8) is 0 Å². The van der Waals surface area contributed by atoms with Crippen LogP contribution in [0.5, 0.6) is 0 Å². The number of aryl methyl sites for hydroxylation is 2. The average molecular weight is 526 g/mol. The maximum absolute atomic E-state index is 13.8. The second-order valence-corrected chi connectivity index (χ2v) is 10.7. The van der Waals surface area contributed by atoms with Gasteiger partial charge in [-0.3, -0.25) is 13.9 Å². The average Bonchev–Trinajstić information content (AvgIpc) is 2.87. The van der Waals surface area contributed by atoms with Gasteiger partial charge in [0.25, 0.3) is 10.0 Å². The smallest absolute Gasteiger partial charge is 0.264 e. The second kappa shape index (κ2) is 12.0. The van der Waals surface area contributed by atoms with Crippen molar-refractivity contribution in [3.05, 3.63) is 95.3 Å². The molecule has 0 aliphatic carbocycles. The fourth-order valence-electron chi connectivity index (χ4n) is 4.01. The highest BCUT2D eigenvalue weighted by molar-refractivity contribution is 7.92. The van der Waals surface area contributed by atoms with E-state index in [1.165, 1.54) is 41.3 Å². The molecule has 3 aromatic rings. The van der Waals surface area contributed by atoms with Crippen molar-refractivity contribution in [3.8, 4) is 0 Å². The molecule has 3 rings (SSSR count). The zero-order valence-corrected chi connectivity index (χ0v) is 22.3. The van der Waals surface area contributed by atoms with Crippen LogP contribution in [-0.2, 0) is 26.2 Å². The van der Waals surface area contributed by atoms with E-state index in [1.54, 1.807) is 51.1 Å². The first-order chi connectivity index (χ1) is 17.5. The van der Waals surface area contributed by atoms with Gasteiger partial charge in [-0.05, 0) is 69.2 Å². The summed E-state index contributed by atoms with van der Waals surface area (Å²) in [6, 6.07) is 17.9. The minimum atomic E-state index is -4.12. The van der Waals surface area contributed by atoms with Gasteiger partial charge in [0.05, 0.1) is 10.6 Å². The Hall–Kier alpha value is -3.72. The van der Waals surface area contributed by atoms with Gasteiger partial charge in [0.15, 0.2) is 0 Å². The van der Waals surface area contributed by atoms with Crippen LogP contribution in [0.1, 0.15) is 30.5 Å². The van der Waals surface area contributed by atoms with Gasteiger partial charge in [0.2, 0.25) is 11.8 Å². The zero-order valence-electron chi connectivity index (χ0n) is 21.4. The number of carbonyl (C=O) groups is 2. The first kappa shape index (κ1) is 27.9. The summed E-state index contributed by atoms with van der Waals surface area (Å²) in [5, 5.41) is 2.71. The van der Waals surface area contributed by atoms with Crippen molar-refractivity contribution < 1.29 is 22.4 Å². The molecule has 37 heavy (non-hydrogen) atoms. The van der Waals surface area contributed by atoms with E-state index in [1.807, 2.05) is 13.0 Å². The summed E-state index contributed by atoms with van der Waals surface area (Å²) in [6.45, 7) is 6.89. The first-order valence-electron chi connectivity index (χ1n) is 12.0. The third-order valence-corrected chi connectivity index (χ3v) is 7.79. The van der Waals surface area contributed by atoms with Gasteiger partial charge in [-0.2, -0.15) is 0 Å². The molecule has 7 nitrogen and oxygen atoms in total. The molecule has 2 amide bonds. The molecule has 9 heteroatoms. The number of anilines is 1. The minimum absolute atomic E-state index is 0.00349. The van der Waals surface area contributed by atoms with Gasteiger partial charge >= 0.3 is 0 Å². The third kappa shape index (κ3) is 6.74. The fraction of sp³-hybridized carbons (Fsp3) is 0.286. The van der Waals surface area contributed by atoms with Crippen LogP contribution in [-0.4, -0.2) is 44.3 Å². The molecule has 0 spiro atoms. The van der Waals surface area contributed by atoms with Crippen LogP contribution in [0.25, 0.3) is 0 Å². The summed E-state index contributed by atoms with van der Waals surface area (Å²) in [5.41, 5.74) is 2.62. The lowest BCUT2D eigenvalue weighted by Gasteiger charge is -2.32. The molecule has 0 bridgehead atoms. The molecule has 1 N–H and O–H groups in total. The number of benzene rings is 3. The van der Waals surface area contributed by atoms with E-state index in [9.17, 15) is 22.4 Å². The molecule has 196 valence electrons. The second-order valence-electron chi connectivity index (χ2n) is 8.83. The topological polar surface area (TPSA) is 86.8 Å². The summed E-state index contributed by atoms with van der Waals surface area (Å²) >= 11 is 0. The summed E-state index contributed by atoms with van der Waals surface area (Å²) in [5.74, 6) is -1.36. The predicted octanol–water partition coefficient (Wildman–Crippen LogP) is 4.19. The molecule has 0 radical (unpaired) electrons. The van der Waals surface area contributed by atoms with Crippen molar-refractivity contribution in [2.75, 3.05) is 17.4 Å². The van der Waals surface area contributed by atoms with Gasteiger partial charge in [-0.1, -0.05) is 48.0 Å². The van der Waals surface area contributed by atoms with E-state index in [2.05, 4.69) is 5.32 Å². The number of amides is 2. The Morgan fingerprint density at radius 2 is 1.62 bits per heavy atom. The molecular formula is C28H32FN3O4S. The summed E-state index contributed by atoms with van der Waals surface area (Å²) in [4.78, 5) is 27.8. The Morgan fingerprint density at radius 1 is 0.973 bits per heavy atom. The molecule has 0 heterocycles. The van der Waals surface area contributed by atoms with Crippen LogP contribution in [0.2, 0.25) is 0 Å². The van der Waals surface area contributed by atoms with Crippen molar-refractivity contribution in [1.82, 2.24) is 10.2 Å². The van der Waals surface area contributed by atoms with Gasteiger partial charge < -0.3 is 10.2 Å². The van der Waals surface area contributed by atoms with Crippen LogP contribution in [0.4, 0.5) is 10.1 Å². The Kier molecular flexibility index (Phi) is 9.04. The van der Waals surface area contributed by atoms with Crippen LogP contribution >= 0.6 is 0 Å². The maximum Gasteiger partial charge on any atom is 0.264 e. The number of halogens is 1. The largest absolute Gasteiger partial charge is 0.355 e. The van der Waals surface area contributed by atoms with Crippen LogP contribution < -0.4 is 9.62 Å². The van der Waals surface area contributed by atoms with Gasteiger partial charge in [0.1, 0.15) is 18.4 Å². The van der Waals surface area contributed by atoms with E-state index in [0.717, 1.165) is 9.87 Å². The van der Waals surface area contributed by atoms with Crippen LogP contribution in [0, 0.1) is 19.7 Å². The SMILES string of the molecule is CCNC(=O)[C@@H](C)N(Cc1ccc(F)cc1)C(=O)CN(c1ccc(C)cc1C)S(=O)(=O)c1ccccc1. The number of sulfonamides is 1. The molecule has 1 atom stereocenters. The van der Waals surface area contributed by atoms with E-state index >= 15 is 0 Å². The lowest BCUT2D eigenvalue weighted by atomic mass is 10.1. The molecule has 0 aromatic heterocycles. The normalized spacial score (nSPS) is 12.0. The monoisotopic (exact) mass is 525 g/mol. The highest BCUT2D eigenvalue weighted by Gasteiger charge is 2.33. The van der Waals surface area contributed by atoms with E-state index in [4.69, 9.17) is 0 Å². The Morgan fingerprint density at radius 3 is 2.22 bits per heavy atom. The predicted molar refractivity (Wildman–Crippen MR) is 142 cm³/mol. The standard InChI is InChI=1S/C28H32FN3O4S/c1-5-30-28(34)22(4)31(18-23-12-14-24(29)15-13-23)27(33)19-32(26-16-11-20(2)17-21(26)3)37(35,36)25-9-7-6-8-10-25/h6-17,22H,5,18-19H2,1-4H3,(H,30,34)/t22-/m1/s1. The van der Waals surface area contributed by atoms with Crippen molar-refractivity contribution in [1.29, 1.82) is 0 Å². The van der Waals surface area contributed by atoms with Crippen LogP contribution in [0.3, 0.4) is 0 Å². The number of nitrogens with zero attached hydrogens (tertiary/aromatic N) is 2. The lowest BCUT2D eigenvalue weighted by Crippen LogP contribution is -2.51. The van der Waals surface area contributed by atoms with Crippen molar-refractivity contribution >= 4 is 27.5 Å². The van der Waals surface area contributed by atoms with Gasteiger partial charge in [0, 0.05) is 13.1 Å². The first-order valence-corrected chi connectivity index (χ1v) is 13.4. The van der Waals surface area contributed by atoms with Crippen molar-refractivity contribution in [2.24, 2.45) is 0 Å². The number of hydrogen-bond donors (Lipinski definition) is 1. The Labute approximate surface area is 218 Å². The molecule has 0 saturated heterocycles. The van der Waals surface area contributed by atoms with Gasteiger partial charge in [-0.25, -0.2) is 12.8 Å². The number of carbonyl (C=O) groups excluding carboxylic acids is 2. The summed E-state index contributed by atoms with van der Waals surface area (Å²) < 4.78 is 42.1. The number of likely N-dealkylation sites (N-methyl/N-ethyl adjacent to an activating group) is 1. The summed E-state index contributed by atoms with van der Waals surface area (Å²) in [7, 11) is -4.12. The summed E-state index contributed by atoms with van der Waals surface area (Å²) in [6.07, 6.45) is 0. The maximum atomic E-state index is 13.8. The third-order valence-electron chi connectivity index (χ3n) is 6.02.